The van der Waals surface area contributed by atoms with Crippen molar-refractivity contribution in [1.29, 1.82) is 0 Å². The second kappa shape index (κ2) is 4.46. The maximum absolute atomic E-state index is 3.60. The molecule has 90 valence electrons. The monoisotopic (exact) mass is 292 g/mol. The average molecular weight is 293 g/mol. The first-order valence-corrected chi connectivity index (χ1v) is 6.99. The van der Waals surface area contributed by atoms with Gasteiger partial charge in [0.05, 0.1) is 5.52 Å². The van der Waals surface area contributed by atoms with Gasteiger partial charge in [-0.1, -0.05) is 12.1 Å². The zero-order valence-corrected chi connectivity index (χ0v) is 11.6. The normalized spacial score (nSPS) is 18.9. The summed E-state index contributed by atoms with van der Waals surface area (Å²) in [4.78, 5) is 5.82. The molecule has 17 heavy (non-hydrogen) atoms. The van der Waals surface area contributed by atoms with Gasteiger partial charge in [-0.05, 0) is 66.5 Å². The van der Waals surface area contributed by atoms with Gasteiger partial charge in [0.1, 0.15) is 0 Å². The second-order valence-electron chi connectivity index (χ2n) is 4.98. The highest BCUT2D eigenvalue weighted by atomic mass is 79.9. The van der Waals surface area contributed by atoms with Gasteiger partial charge in [0, 0.05) is 16.1 Å². The maximum atomic E-state index is 3.60. The predicted molar refractivity (Wildman–Crippen MR) is 75.5 cm³/mol. The Morgan fingerprint density at radius 1 is 1.29 bits per heavy atom. The van der Waals surface area contributed by atoms with Gasteiger partial charge in [0.2, 0.25) is 0 Å². The molecule has 1 saturated heterocycles. The molecule has 0 amide bonds. The molecule has 1 aromatic carbocycles. The quantitative estimate of drug-likeness (QED) is 0.848. The lowest BCUT2D eigenvalue weighted by atomic mass is 9.89. The molecular formula is C14H17BrN2. The highest BCUT2D eigenvalue weighted by molar-refractivity contribution is 9.10. The summed E-state index contributed by atoms with van der Waals surface area (Å²) in [5, 5.41) is 1.38. The Balaban J connectivity index is 1.98. The molecule has 2 nitrogen and oxygen atoms in total. The van der Waals surface area contributed by atoms with Crippen LogP contribution in [0, 0.1) is 0 Å². The van der Waals surface area contributed by atoms with Crippen molar-refractivity contribution in [3.05, 3.63) is 34.4 Å². The van der Waals surface area contributed by atoms with E-state index in [0.717, 1.165) is 4.47 Å². The lowest BCUT2D eigenvalue weighted by molar-refractivity contribution is 0.256. The molecule has 1 fully saturated rings. The van der Waals surface area contributed by atoms with Crippen LogP contribution in [-0.4, -0.2) is 30.0 Å². The smallest absolute Gasteiger partial charge is 0.0601 e. The van der Waals surface area contributed by atoms with Crippen LogP contribution in [0.25, 0.3) is 10.9 Å². The van der Waals surface area contributed by atoms with Crippen LogP contribution >= 0.6 is 15.9 Å². The largest absolute Gasteiger partial charge is 0.360 e. The minimum atomic E-state index is 0.717. The summed E-state index contributed by atoms with van der Waals surface area (Å²) >= 11 is 3.60. The van der Waals surface area contributed by atoms with Crippen molar-refractivity contribution >= 4 is 26.8 Å². The van der Waals surface area contributed by atoms with E-state index in [1.54, 1.807) is 0 Å². The number of rotatable bonds is 1. The van der Waals surface area contributed by atoms with Crippen molar-refractivity contribution in [3.8, 4) is 0 Å². The summed E-state index contributed by atoms with van der Waals surface area (Å²) in [5.74, 6) is 0.717. The van der Waals surface area contributed by atoms with Crippen molar-refractivity contribution in [2.24, 2.45) is 0 Å². The third-order valence-corrected chi connectivity index (χ3v) is 4.52. The first-order chi connectivity index (χ1) is 8.25. The van der Waals surface area contributed by atoms with Gasteiger partial charge in [0.25, 0.3) is 0 Å². The Kier molecular flexibility index (Phi) is 2.97. The van der Waals surface area contributed by atoms with Gasteiger partial charge >= 0.3 is 0 Å². The molecule has 1 aromatic heterocycles. The molecular weight excluding hydrogens is 276 g/mol. The number of piperidine rings is 1. The van der Waals surface area contributed by atoms with E-state index in [9.17, 15) is 0 Å². The zero-order chi connectivity index (χ0) is 11.8. The number of likely N-dealkylation sites (tertiary alicyclic amines) is 1. The number of aromatic amines is 1. The first-order valence-electron chi connectivity index (χ1n) is 6.20. The Labute approximate surface area is 110 Å². The molecule has 3 rings (SSSR count). The molecule has 1 aliphatic rings. The zero-order valence-electron chi connectivity index (χ0n) is 10.0. The number of nitrogens with zero attached hydrogens (tertiary/aromatic N) is 1. The fourth-order valence-corrected chi connectivity index (χ4v) is 3.28. The van der Waals surface area contributed by atoms with Gasteiger partial charge in [0.15, 0.2) is 0 Å². The number of hydrogen-bond acceptors (Lipinski definition) is 1. The van der Waals surface area contributed by atoms with E-state index >= 15 is 0 Å². The van der Waals surface area contributed by atoms with Gasteiger partial charge in [-0.3, -0.25) is 0 Å². The summed E-state index contributed by atoms with van der Waals surface area (Å²) in [6, 6.07) is 6.44. The van der Waals surface area contributed by atoms with Crippen molar-refractivity contribution in [2.45, 2.75) is 18.8 Å². The van der Waals surface area contributed by atoms with Gasteiger partial charge in [-0.25, -0.2) is 0 Å². The third kappa shape index (κ3) is 2.02. The molecule has 2 heterocycles. The molecule has 0 bridgehead atoms. The Morgan fingerprint density at radius 2 is 2.06 bits per heavy atom. The highest BCUT2D eigenvalue weighted by Gasteiger charge is 2.21. The molecule has 0 spiro atoms. The molecule has 0 atom stereocenters. The molecule has 2 aromatic rings. The minimum Gasteiger partial charge on any atom is -0.360 e. The number of hydrogen-bond donors (Lipinski definition) is 1. The molecule has 0 aliphatic carbocycles. The molecule has 0 radical (unpaired) electrons. The van der Waals surface area contributed by atoms with Crippen LogP contribution in [-0.2, 0) is 0 Å². The van der Waals surface area contributed by atoms with Crippen molar-refractivity contribution in [1.82, 2.24) is 9.88 Å². The van der Waals surface area contributed by atoms with Crippen molar-refractivity contribution in [3.63, 3.8) is 0 Å². The molecule has 0 saturated carbocycles. The predicted octanol–water partition coefficient (Wildman–Crippen LogP) is 3.74. The van der Waals surface area contributed by atoms with Crippen LogP contribution in [0.2, 0.25) is 0 Å². The Morgan fingerprint density at radius 3 is 2.82 bits per heavy atom. The van der Waals surface area contributed by atoms with Crippen LogP contribution < -0.4 is 0 Å². The maximum Gasteiger partial charge on any atom is 0.0601 e. The molecule has 3 heteroatoms. The number of aromatic nitrogens is 1. The lowest BCUT2D eigenvalue weighted by Crippen LogP contribution is -2.29. The molecule has 0 unspecified atom stereocenters. The Bertz CT molecular complexity index is 524. The van der Waals surface area contributed by atoms with E-state index in [1.807, 2.05) is 0 Å². The summed E-state index contributed by atoms with van der Waals surface area (Å²) in [7, 11) is 2.21. The fourth-order valence-electron chi connectivity index (χ4n) is 2.80. The van der Waals surface area contributed by atoms with E-state index in [-0.39, 0.29) is 0 Å². The standard InChI is InChI=1S/C14H17BrN2/c1-17-7-5-10(6-8-17)12-9-16-14-11(12)3-2-4-13(14)15/h2-4,9-10,16H,5-8H2,1H3. The van der Waals surface area contributed by atoms with Crippen LogP contribution in [0.3, 0.4) is 0 Å². The topological polar surface area (TPSA) is 19.0 Å². The Hall–Kier alpha value is -0.800. The second-order valence-corrected chi connectivity index (χ2v) is 5.84. The van der Waals surface area contributed by atoms with Gasteiger partial charge < -0.3 is 9.88 Å². The van der Waals surface area contributed by atoms with Crippen molar-refractivity contribution < 1.29 is 0 Å². The lowest BCUT2D eigenvalue weighted by Gasteiger charge is -2.28. The fraction of sp³-hybridized carbons (Fsp3) is 0.429. The average Bonchev–Trinajstić information content (AvgIpc) is 2.75. The van der Waals surface area contributed by atoms with E-state index in [0.29, 0.717) is 5.92 Å². The van der Waals surface area contributed by atoms with E-state index in [4.69, 9.17) is 0 Å². The van der Waals surface area contributed by atoms with Gasteiger partial charge in [-0.2, -0.15) is 0 Å². The number of benzene rings is 1. The number of nitrogens with one attached hydrogen (secondary N) is 1. The van der Waals surface area contributed by atoms with Crippen molar-refractivity contribution in [2.75, 3.05) is 20.1 Å². The van der Waals surface area contributed by atoms with Crippen LogP contribution in [0.15, 0.2) is 28.9 Å². The third-order valence-electron chi connectivity index (χ3n) is 3.86. The SMILES string of the molecule is CN1CCC(c2c[nH]c3c(Br)cccc23)CC1. The summed E-state index contributed by atoms with van der Waals surface area (Å²) < 4.78 is 1.16. The minimum absolute atomic E-state index is 0.717. The molecule has 1 N–H and O–H groups in total. The number of para-hydroxylation sites is 1. The van der Waals surface area contributed by atoms with Crippen LogP contribution in [0.1, 0.15) is 24.3 Å². The van der Waals surface area contributed by atoms with Crippen LogP contribution in [0.5, 0.6) is 0 Å². The number of halogens is 1. The summed E-state index contributed by atoms with van der Waals surface area (Å²) in [6.07, 6.45) is 4.75. The molecule has 1 aliphatic heterocycles. The van der Waals surface area contributed by atoms with Gasteiger partial charge in [-0.15, -0.1) is 0 Å². The van der Waals surface area contributed by atoms with E-state index in [2.05, 4.69) is 57.3 Å². The van der Waals surface area contributed by atoms with Crippen LogP contribution in [0.4, 0.5) is 0 Å². The summed E-state index contributed by atoms with van der Waals surface area (Å²) in [6.45, 7) is 2.43. The number of H-pyrrole nitrogens is 1. The van der Waals surface area contributed by atoms with E-state index < -0.39 is 0 Å². The first kappa shape index (κ1) is 11.3. The highest BCUT2D eigenvalue weighted by Crippen LogP contribution is 2.34. The number of fused-ring (bicyclic) bond motifs is 1. The summed E-state index contributed by atoms with van der Waals surface area (Å²) in [5.41, 5.74) is 2.73. The van der Waals surface area contributed by atoms with E-state index in [1.165, 1.54) is 42.4 Å².